The zero-order chi connectivity index (χ0) is 29.0. The quantitative estimate of drug-likeness (QED) is 0.176. The van der Waals surface area contributed by atoms with Gasteiger partial charge in [0.1, 0.15) is 6.54 Å². The van der Waals surface area contributed by atoms with E-state index < -0.39 is 38.0 Å². The lowest BCUT2D eigenvalue weighted by Crippen LogP contribution is -2.39. The Morgan fingerprint density at radius 3 is 2.25 bits per heavy atom. The van der Waals surface area contributed by atoms with Crippen LogP contribution in [0.5, 0.6) is 0 Å². The van der Waals surface area contributed by atoms with Crippen molar-refractivity contribution in [2.75, 3.05) is 10.8 Å². The Hall–Kier alpha value is -4.77. The smallest absolute Gasteiger partial charge is 0.289 e. The number of sulfonamides is 1. The number of hydrogen-bond donors (Lipinski definition) is 1. The summed E-state index contributed by atoms with van der Waals surface area (Å²) < 4.78 is 30.0. The van der Waals surface area contributed by atoms with E-state index in [2.05, 4.69) is 33.3 Å². The molecule has 0 fully saturated rings. The molecule has 0 radical (unpaired) electrons. The lowest BCUT2D eigenvalue weighted by Gasteiger charge is -2.23. The number of nitro groups is 1. The van der Waals surface area contributed by atoms with Crippen LogP contribution in [0.4, 0.5) is 11.4 Å². The second-order valence-electron chi connectivity index (χ2n) is 9.37. The molecule has 11 heteroatoms. The van der Waals surface area contributed by atoms with Crippen LogP contribution in [0.1, 0.15) is 28.1 Å². The normalized spacial score (nSPS) is 11.5. The van der Waals surface area contributed by atoms with Gasteiger partial charge in [0.15, 0.2) is 4.90 Å². The molecular weight excluding hydrogens is 530 g/mol. The van der Waals surface area contributed by atoms with Gasteiger partial charge < -0.3 is 4.57 Å². The maximum atomic E-state index is 13.6. The summed E-state index contributed by atoms with van der Waals surface area (Å²) in [4.78, 5) is 23.1. The molecule has 1 N–H and O–H groups in total. The Morgan fingerprint density at radius 1 is 0.975 bits per heavy atom. The Balaban J connectivity index is 1.58. The number of anilines is 1. The van der Waals surface area contributed by atoms with E-state index >= 15 is 0 Å². The van der Waals surface area contributed by atoms with Gasteiger partial charge in [0.25, 0.3) is 21.6 Å². The number of nitrogens with zero attached hydrogens (tertiary/aromatic N) is 4. The van der Waals surface area contributed by atoms with Gasteiger partial charge >= 0.3 is 0 Å². The summed E-state index contributed by atoms with van der Waals surface area (Å²) in [6.45, 7) is 7.36. The predicted octanol–water partition coefficient (Wildman–Crippen LogP) is 4.96. The zero-order valence-corrected chi connectivity index (χ0v) is 23.3. The highest BCUT2D eigenvalue weighted by atomic mass is 32.2. The summed E-state index contributed by atoms with van der Waals surface area (Å²) in [6, 6.07) is 21.2. The van der Waals surface area contributed by atoms with Crippen molar-refractivity contribution in [3.05, 3.63) is 117 Å². The monoisotopic (exact) mass is 559 g/mol. The standard InChI is InChI=1S/C29H29N5O5S/c1-20-14-21(2)16-26(15-20)33-22(3)17-24(23(33)4)18-30-31-29(35)19-32(25-10-6-5-7-11-25)40(38,39)28-13-9-8-12-27(28)34(36)37/h5-18H,19H2,1-4H3,(H,31,35)/b30-18+. The minimum atomic E-state index is -4.47. The van der Waals surface area contributed by atoms with Crippen molar-refractivity contribution >= 4 is 33.5 Å². The van der Waals surface area contributed by atoms with Crippen LogP contribution >= 0.6 is 0 Å². The Bertz CT molecular complexity index is 1690. The maximum Gasteiger partial charge on any atom is 0.289 e. The number of aryl methyl sites for hydroxylation is 3. The van der Waals surface area contributed by atoms with Gasteiger partial charge in [0.05, 0.1) is 16.8 Å². The number of nitro benzene ring substituents is 1. The summed E-state index contributed by atoms with van der Waals surface area (Å²) in [7, 11) is -4.47. The van der Waals surface area contributed by atoms with E-state index in [0.717, 1.165) is 50.2 Å². The molecule has 0 aliphatic heterocycles. The van der Waals surface area contributed by atoms with E-state index in [1.807, 2.05) is 33.8 Å². The SMILES string of the molecule is Cc1cc(C)cc(-n2c(C)cc(/C=N/NC(=O)CN(c3ccccc3)S(=O)(=O)c3ccccc3[N+](=O)[O-])c2C)c1. The van der Waals surface area contributed by atoms with E-state index in [1.54, 1.807) is 18.2 Å². The number of rotatable bonds is 9. The van der Waals surface area contributed by atoms with Gasteiger partial charge in [-0.2, -0.15) is 5.10 Å². The Kier molecular flexibility index (Phi) is 8.15. The van der Waals surface area contributed by atoms with E-state index in [4.69, 9.17) is 0 Å². The summed E-state index contributed by atoms with van der Waals surface area (Å²) in [5.41, 5.74) is 7.98. The molecule has 0 aliphatic rings. The second-order valence-corrected chi connectivity index (χ2v) is 11.2. The number of amides is 1. The van der Waals surface area contributed by atoms with Gasteiger partial charge in [-0.3, -0.25) is 19.2 Å². The molecule has 0 saturated heterocycles. The minimum absolute atomic E-state index is 0.178. The van der Waals surface area contributed by atoms with Crippen LogP contribution in [0.2, 0.25) is 0 Å². The predicted molar refractivity (Wildman–Crippen MR) is 155 cm³/mol. The summed E-state index contributed by atoms with van der Waals surface area (Å²) in [5.74, 6) is -0.717. The third kappa shape index (κ3) is 5.94. The zero-order valence-electron chi connectivity index (χ0n) is 22.5. The highest BCUT2D eigenvalue weighted by Gasteiger charge is 2.33. The molecule has 1 heterocycles. The lowest BCUT2D eigenvalue weighted by molar-refractivity contribution is -0.387. The molecule has 0 aliphatic carbocycles. The van der Waals surface area contributed by atoms with Crippen LogP contribution in [0, 0.1) is 37.8 Å². The Labute approximate surface area is 232 Å². The first-order valence-corrected chi connectivity index (χ1v) is 13.8. The molecule has 0 saturated carbocycles. The largest absolute Gasteiger partial charge is 0.318 e. The number of nitrogens with one attached hydrogen (secondary N) is 1. The average molecular weight is 560 g/mol. The van der Waals surface area contributed by atoms with Crippen molar-refractivity contribution < 1.29 is 18.1 Å². The van der Waals surface area contributed by atoms with Gasteiger partial charge in [0, 0.05) is 28.7 Å². The fourth-order valence-corrected chi connectivity index (χ4v) is 6.17. The summed E-state index contributed by atoms with van der Waals surface area (Å²) in [5, 5.41) is 15.6. The van der Waals surface area contributed by atoms with E-state index in [9.17, 15) is 23.3 Å². The molecular formula is C29H29N5O5S. The van der Waals surface area contributed by atoms with Gasteiger partial charge in [-0.05, 0) is 75.2 Å². The number of hydrazone groups is 1. The van der Waals surface area contributed by atoms with Crippen LogP contribution in [0.15, 0.2) is 88.9 Å². The number of carbonyl (C=O) groups excluding carboxylic acids is 1. The first kappa shape index (κ1) is 28.2. The van der Waals surface area contributed by atoms with Crippen LogP contribution in [-0.2, 0) is 14.8 Å². The molecule has 3 aromatic carbocycles. The number of benzene rings is 3. The van der Waals surface area contributed by atoms with Crippen LogP contribution in [-0.4, -0.2) is 36.6 Å². The van der Waals surface area contributed by atoms with Gasteiger partial charge in [0.2, 0.25) is 0 Å². The summed E-state index contributed by atoms with van der Waals surface area (Å²) in [6.07, 6.45) is 1.50. The second kappa shape index (κ2) is 11.5. The van der Waals surface area contributed by atoms with Crippen molar-refractivity contribution in [3.8, 4) is 5.69 Å². The van der Waals surface area contributed by atoms with Gasteiger partial charge in [-0.15, -0.1) is 0 Å². The highest BCUT2D eigenvalue weighted by Crippen LogP contribution is 2.29. The first-order chi connectivity index (χ1) is 19.0. The van der Waals surface area contributed by atoms with Crippen molar-refractivity contribution in [1.82, 2.24) is 9.99 Å². The lowest BCUT2D eigenvalue weighted by atomic mass is 10.1. The number of para-hydroxylation sites is 2. The van der Waals surface area contributed by atoms with E-state index in [0.29, 0.717) is 0 Å². The van der Waals surface area contributed by atoms with Crippen LogP contribution < -0.4 is 9.73 Å². The number of carbonyl (C=O) groups is 1. The van der Waals surface area contributed by atoms with Crippen molar-refractivity contribution in [1.29, 1.82) is 0 Å². The fraction of sp³-hybridized carbons (Fsp3) is 0.172. The fourth-order valence-electron chi connectivity index (χ4n) is 4.59. The molecule has 40 heavy (non-hydrogen) atoms. The minimum Gasteiger partial charge on any atom is -0.318 e. The molecule has 4 aromatic rings. The van der Waals surface area contributed by atoms with Crippen molar-refractivity contribution in [2.45, 2.75) is 32.6 Å². The molecule has 0 unspecified atom stereocenters. The highest BCUT2D eigenvalue weighted by molar-refractivity contribution is 7.93. The van der Waals surface area contributed by atoms with Gasteiger partial charge in [-0.1, -0.05) is 36.4 Å². The molecule has 206 valence electrons. The molecule has 0 spiro atoms. The Morgan fingerprint density at radius 2 is 1.60 bits per heavy atom. The molecule has 1 amide bonds. The topological polar surface area (TPSA) is 127 Å². The molecule has 10 nitrogen and oxygen atoms in total. The summed E-state index contributed by atoms with van der Waals surface area (Å²) >= 11 is 0. The van der Waals surface area contributed by atoms with Crippen molar-refractivity contribution in [3.63, 3.8) is 0 Å². The molecule has 4 rings (SSSR count). The number of hydrogen-bond acceptors (Lipinski definition) is 6. The molecule has 1 aromatic heterocycles. The van der Waals surface area contributed by atoms with Crippen LogP contribution in [0.3, 0.4) is 0 Å². The maximum absolute atomic E-state index is 13.6. The van der Waals surface area contributed by atoms with Crippen molar-refractivity contribution in [2.24, 2.45) is 5.10 Å². The van der Waals surface area contributed by atoms with E-state index in [1.165, 1.54) is 30.5 Å². The van der Waals surface area contributed by atoms with E-state index in [-0.39, 0.29) is 5.69 Å². The molecule has 0 atom stereocenters. The van der Waals surface area contributed by atoms with Gasteiger partial charge in [-0.25, -0.2) is 13.8 Å². The third-order valence-corrected chi connectivity index (χ3v) is 8.11. The average Bonchev–Trinajstić information content (AvgIpc) is 3.19. The third-order valence-electron chi connectivity index (χ3n) is 6.29. The molecule has 0 bridgehead atoms. The first-order valence-electron chi connectivity index (χ1n) is 12.4. The van der Waals surface area contributed by atoms with Crippen LogP contribution in [0.25, 0.3) is 5.69 Å². The number of aromatic nitrogens is 1.